The molecule has 4 nitrogen and oxygen atoms in total. The standard InChI is InChI=1S/C16H26N2O2.ClH/c1-12-8-15(19-2)16(20-3)9-14(12)11-18-6-4-13(10-17)5-7-18;/h8-9,13H,4-7,10-11,17H2,1-3H3;1H. The van der Waals surface area contributed by atoms with Gasteiger partial charge in [0.2, 0.25) is 0 Å². The number of methoxy groups -OCH3 is 2. The molecule has 0 amide bonds. The fourth-order valence-corrected chi connectivity index (χ4v) is 2.81. The van der Waals surface area contributed by atoms with Gasteiger partial charge in [0, 0.05) is 6.54 Å². The first-order valence-corrected chi connectivity index (χ1v) is 7.31. The molecule has 0 aromatic heterocycles. The summed E-state index contributed by atoms with van der Waals surface area (Å²) in [7, 11) is 3.36. The molecule has 2 rings (SSSR count). The molecule has 0 atom stereocenters. The Morgan fingerprint density at radius 2 is 1.71 bits per heavy atom. The molecule has 5 heteroatoms. The summed E-state index contributed by atoms with van der Waals surface area (Å²) in [5, 5.41) is 0. The van der Waals surface area contributed by atoms with Crippen molar-refractivity contribution in [2.75, 3.05) is 33.9 Å². The number of likely N-dealkylation sites (tertiary alicyclic amines) is 1. The van der Waals surface area contributed by atoms with Crippen molar-refractivity contribution in [3.05, 3.63) is 23.3 Å². The van der Waals surface area contributed by atoms with Crippen LogP contribution in [0.4, 0.5) is 0 Å². The summed E-state index contributed by atoms with van der Waals surface area (Å²) < 4.78 is 10.7. The van der Waals surface area contributed by atoms with Crippen LogP contribution in [-0.4, -0.2) is 38.8 Å². The fraction of sp³-hybridized carbons (Fsp3) is 0.625. The summed E-state index contributed by atoms with van der Waals surface area (Å²) in [5.41, 5.74) is 8.31. The van der Waals surface area contributed by atoms with Crippen LogP contribution in [0.3, 0.4) is 0 Å². The zero-order chi connectivity index (χ0) is 14.5. The van der Waals surface area contributed by atoms with Gasteiger partial charge in [0.1, 0.15) is 0 Å². The van der Waals surface area contributed by atoms with Gasteiger partial charge in [-0.2, -0.15) is 0 Å². The van der Waals surface area contributed by atoms with E-state index in [-0.39, 0.29) is 12.4 Å². The highest BCUT2D eigenvalue weighted by molar-refractivity contribution is 5.85. The van der Waals surface area contributed by atoms with Crippen LogP contribution in [0.1, 0.15) is 24.0 Å². The number of hydrogen-bond donors (Lipinski definition) is 1. The molecule has 0 saturated carbocycles. The summed E-state index contributed by atoms with van der Waals surface area (Å²) in [4.78, 5) is 2.50. The Kier molecular flexibility index (Phi) is 7.29. The molecule has 1 aromatic rings. The van der Waals surface area contributed by atoms with Crippen molar-refractivity contribution in [3.8, 4) is 11.5 Å². The highest BCUT2D eigenvalue weighted by atomic mass is 35.5. The minimum atomic E-state index is 0. The largest absolute Gasteiger partial charge is 0.493 e. The predicted octanol–water partition coefficient (Wildman–Crippen LogP) is 2.60. The minimum absolute atomic E-state index is 0. The number of piperidine rings is 1. The SMILES string of the molecule is COc1cc(C)c(CN2CCC(CN)CC2)cc1OC.Cl. The zero-order valence-corrected chi connectivity index (χ0v) is 14.0. The number of hydrogen-bond acceptors (Lipinski definition) is 4. The molecular weight excluding hydrogens is 288 g/mol. The van der Waals surface area contributed by atoms with Gasteiger partial charge in [0.15, 0.2) is 11.5 Å². The number of aryl methyl sites for hydroxylation is 1. The Morgan fingerprint density at radius 1 is 1.14 bits per heavy atom. The first-order valence-electron chi connectivity index (χ1n) is 7.31. The summed E-state index contributed by atoms with van der Waals surface area (Å²) >= 11 is 0. The lowest BCUT2D eigenvalue weighted by Crippen LogP contribution is -2.35. The molecule has 120 valence electrons. The Labute approximate surface area is 134 Å². The van der Waals surface area contributed by atoms with Crippen LogP contribution in [0, 0.1) is 12.8 Å². The smallest absolute Gasteiger partial charge is 0.161 e. The molecule has 1 heterocycles. The lowest BCUT2D eigenvalue weighted by molar-refractivity contribution is 0.180. The summed E-state index contributed by atoms with van der Waals surface area (Å²) in [6, 6.07) is 4.16. The minimum Gasteiger partial charge on any atom is -0.493 e. The van der Waals surface area contributed by atoms with Crippen molar-refractivity contribution in [3.63, 3.8) is 0 Å². The van der Waals surface area contributed by atoms with Gasteiger partial charge >= 0.3 is 0 Å². The van der Waals surface area contributed by atoms with E-state index < -0.39 is 0 Å². The maximum Gasteiger partial charge on any atom is 0.161 e. The van der Waals surface area contributed by atoms with Crippen molar-refractivity contribution in [2.45, 2.75) is 26.3 Å². The van der Waals surface area contributed by atoms with E-state index in [9.17, 15) is 0 Å². The number of nitrogens with zero attached hydrogens (tertiary/aromatic N) is 1. The van der Waals surface area contributed by atoms with E-state index in [2.05, 4.69) is 24.0 Å². The average molecular weight is 315 g/mol. The van der Waals surface area contributed by atoms with Crippen molar-refractivity contribution in [1.82, 2.24) is 4.90 Å². The molecule has 0 bridgehead atoms. The molecule has 1 aliphatic heterocycles. The van der Waals surface area contributed by atoms with E-state index in [1.165, 1.54) is 24.0 Å². The highest BCUT2D eigenvalue weighted by Gasteiger charge is 2.19. The van der Waals surface area contributed by atoms with E-state index >= 15 is 0 Å². The maximum atomic E-state index is 5.75. The quantitative estimate of drug-likeness (QED) is 0.907. The molecule has 0 spiro atoms. The number of benzene rings is 1. The molecular formula is C16H27ClN2O2. The van der Waals surface area contributed by atoms with Crippen molar-refractivity contribution in [1.29, 1.82) is 0 Å². The molecule has 1 aliphatic rings. The molecule has 0 radical (unpaired) electrons. The van der Waals surface area contributed by atoms with Gasteiger partial charge in [-0.1, -0.05) is 0 Å². The van der Waals surface area contributed by atoms with Gasteiger partial charge in [-0.25, -0.2) is 0 Å². The van der Waals surface area contributed by atoms with Crippen molar-refractivity contribution >= 4 is 12.4 Å². The first-order chi connectivity index (χ1) is 9.67. The first kappa shape index (κ1) is 18.1. The van der Waals surface area contributed by atoms with Crippen LogP contribution < -0.4 is 15.2 Å². The number of rotatable bonds is 5. The van der Waals surface area contributed by atoms with Crippen LogP contribution in [0.25, 0.3) is 0 Å². The molecule has 2 N–H and O–H groups in total. The normalized spacial score (nSPS) is 16.4. The van der Waals surface area contributed by atoms with Gasteiger partial charge in [-0.3, -0.25) is 4.90 Å². The summed E-state index contributed by atoms with van der Waals surface area (Å²) in [6.45, 7) is 6.20. The fourth-order valence-electron chi connectivity index (χ4n) is 2.81. The van der Waals surface area contributed by atoms with E-state index in [1.807, 2.05) is 0 Å². The zero-order valence-electron chi connectivity index (χ0n) is 13.2. The van der Waals surface area contributed by atoms with Crippen LogP contribution in [0.5, 0.6) is 11.5 Å². The summed E-state index contributed by atoms with van der Waals surface area (Å²) in [6.07, 6.45) is 2.42. The second-order valence-electron chi connectivity index (χ2n) is 5.59. The van der Waals surface area contributed by atoms with Gasteiger partial charge in [-0.05, 0) is 68.6 Å². The Morgan fingerprint density at radius 3 is 2.24 bits per heavy atom. The van der Waals surface area contributed by atoms with E-state index in [0.717, 1.165) is 37.7 Å². The second-order valence-corrected chi connectivity index (χ2v) is 5.59. The van der Waals surface area contributed by atoms with Gasteiger partial charge < -0.3 is 15.2 Å². The number of nitrogens with two attached hydrogens (primary N) is 1. The van der Waals surface area contributed by atoms with E-state index in [0.29, 0.717) is 5.92 Å². The third kappa shape index (κ3) is 4.50. The molecule has 0 aliphatic carbocycles. The third-order valence-electron chi connectivity index (χ3n) is 4.28. The molecule has 1 aromatic carbocycles. The van der Waals surface area contributed by atoms with Crippen LogP contribution in [0.2, 0.25) is 0 Å². The van der Waals surface area contributed by atoms with Gasteiger partial charge in [-0.15, -0.1) is 12.4 Å². The maximum absolute atomic E-state index is 5.75. The van der Waals surface area contributed by atoms with Crippen LogP contribution in [0.15, 0.2) is 12.1 Å². The van der Waals surface area contributed by atoms with Gasteiger partial charge in [0.05, 0.1) is 14.2 Å². The number of ether oxygens (including phenoxy) is 2. The van der Waals surface area contributed by atoms with Crippen molar-refractivity contribution < 1.29 is 9.47 Å². The van der Waals surface area contributed by atoms with Crippen LogP contribution >= 0.6 is 12.4 Å². The summed E-state index contributed by atoms with van der Waals surface area (Å²) in [5.74, 6) is 2.32. The Bertz CT molecular complexity index is 446. The highest BCUT2D eigenvalue weighted by Crippen LogP contribution is 2.31. The van der Waals surface area contributed by atoms with E-state index in [4.69, 9.17) is 15.2 Å². The Hall–Kier alpha value is -0.970. The molecule has 1 fully saturated rings. The third-order valence-corrected chi connectivity index (χ3v) is 4.28. The average Bonchev–Trinajstić information content (AvgIpc) is 2.49. The molecule has 1 saturated heterocycles. The lowest BCUT2D eigenvalue weighted by atomic mass is 9.96. The second kappa shape index (κ2) is 8.47. The Balaban J connectivity index is 0.00000220. The molecule has 21 heavy (non-hydrogen) atoms. The molecule has 0 unspecified atom stereocenters. The van der Waals surface area contributed by atoms with Gasteiger partial charge in [0.25, 0.3) is 0 Å². The monoisotopic (exact) mass is 314 g/mol. The van der Waals surface area contributed by atoms with E-state index in [1.54, 1.807) is 14.2 Å². The van der Waals surface area contributed by atoms with Crippen molar-refractivity contribution in [2.24, 2.45) is 11.7 Å². The number of halogens is 1. The van der Waals surface area contributed by atoms with Crippen LogP contribution in [-0.2, 0) is 6.54 Å². The lowest BCUT2D eigenvalue weighted by Gasteiger charge is -2.31. The topological polar surface area (TPSA) is 47.7 Å². The predicted molar refractivity (Wildman–Crippen MR) is 88.6 cm³/mol.